The predicted octanol–water partition coefficient (Wildman–Crippen LogP) is 2.71. The van der Waals surface area contributed by atoms with E-state index in [0.717, 1.165) is 42.8 Å². The lowest BCUT2D eigenvalue weighted by Gasteiger charge is -2.31. The van der Waals surface area contributed by atoms with Gasteiger partial charge in [-0.15, -0.1) is 0 Å². The number of nitrogens with zero attached hydrogens (tertiary/aromatic N) is 3. The Bertz CT molecular complexity index is 878. The zero-order chi connectivity index (χ0) is 21.5. The van der Waals surface area contributed by atoms with Gasteiger partial charge in [-0.05, 0) is 68.2 Å². The van der Waals surface area contributed by atoms with Crippen LogP contribution in [-0.4, -0.2) is 60.4 Å². The minimum absolute atomic E-state index is 0.00854. The van der Waals surface area contributed by atoms with Crippen LogP contribution in [0.2, 0.25) is 0 Å². The lowest BCUT2D eigenvalue weighted by molar-refractivity contribution is -0.132. The molecule has 1 aromatic carbocycles. The summed E-state index contributed by atoms with van der Waals surface area (Å²) < 4.78 is 5.24. The van der Waals surface area contributed by atoms with E-state index >= 15 is 0 Å². The van der Waals surface area contributed by atoms with E-state index in [1.165, 1.54) is 0 Å². The summed E-state index contributed by atoms with van der Waals surface area (Å²) in [4.78, 5) is 33.2. The smallest absolute Gasteiger partial charge is 0.236 e. The number of amides is 2. The van der Waals surface area contributed by atoms with Gasteiger partial charge in [0, 0.05) is 25.7 Å². The highest BCUT2D eigenvalue weighted by molar-refractivity contribution is 5.91. The Balaban J connectivity index is 1.44. The number of benzene rings is 1. The Hall–Kier alpha value is -2.93. The van der Waals surface area contributed by atoms with Crippen LogP contribution < -0.4 is 10.1 Å². The average molecular weight is 411 g/mol. The molecule has 0 saturated carbocycles. The zero-order valence-electron chi connectivity index (χ0n) is 17.9. The summed E-state index contributed by atoms with van der Waals surface area (Å²) in [6.45, 7) is 4.35. The van der Waals surface area contributed by atoms with Crippen molar-refractivity contribution in [1.82, 2.24) is 14.8 Å². The van der Waals surface area contributed by atoms with Crippen LogP contribution in [0.25, 0.3) is 0 Å². The monoisotopic (exact) mass is 410 g/mol. The van der Waals surface area contributed by atoms with Gasteiger partial charge in [0.15, 0.2) is 0 Å². The molecule has 30 heavy (non-hydrogen) atoms. The highest BCUT2D eigenvalue weighted by Crippen LogP contribution is 2.20. The maximum Gasteiger partial charge on any atom is 0.236 e. The molecule has 1 aliphatic rings. The van der Waals surface area contributed by atoms with Crippen LogP contribution in [0.5, 0.6) is 5.75 Å². The third-order valence-electron chi connectivity index (χ3n) is 5.46. The molecule has 2 heterocycles. The summed E-state index contributed by atoms with van der Waals surface area (Å²) in [6.07, 6.45) is 3.18. The van der Waals surface area contributed by atoms with E-state index in [9.17, 15) is 9.59 Å². The predicted molar refractivity (Wildman–Crippen MR) is 116 cm³/mol. The van der Waals surface area contributed by atoms with Crippen molar-refractivity contribution in [3.8, 4) is 5.75 Å². The summed E-state index contributed by atoms with van der Waals surface area (Å²) in [7, 11) is 3.45. The second-order valence-corrected chi connectivity index (χ2v) is 7.86. The van der Waals surface area contributed by atoms with Gasteiger partial charge in [0.25, 0.3) is 0 Å². The van der Waals surface area contributed by atoms with Gasteiger partial charge in [0.05, 0.1) is 13.7 Å². The van der Waals surface area contributed by atoms with Crippen LogP contribution in [-0.2, 0) is 16.1 Å². The molecule has 7 nitrogen and oxygen atoms in total. The summed E-state index contributed by atoms with van der Waals surface area (Å²) in [5.74, 6) is 1.42. The van der Waals surface area contributed by atoms with E-state index in [2.05, 4.69) is 15.2 Å². The molecule has 2 aromatic rings. The van der Waals surface area contributed by atoms with E-state index in [-0.39, 0.29) is 17.7 Å². The third kappa shape index (κ3) is 6.03. The number of anilines is 1. The topological polar surface area (TPSA) is 74.8 Å². The summed E-state index contributed by atoms with van der Waals surface area (Å²) in [6, 6.07) is 11.5. The lowest BCUT2D eigenvalue weighted by Crippen LogP contribution is -2.43. The molecule has 7 heteroatoms. The molecule has 0 spiro atoms. The maximum absolute atomic E-state index is 12.6. The van der Waals surface area contributed by atoms with Gasteiger partial charge < -0.3 is 15.0 Å². The molecule has 1 aliphatic heterocycles. The number of aryl methyl sites for hydroxylation is 1. The van der Waals surface area contributed by atoms with Crippen molar-refractivity contribution in [1.29, 1.82) is 0 Å². The van der Waals surface area contributed by atoms with Crippen molar-refractivity contribution in [2.24, 2.45) is 5.92 Å². The molecule has 0 unspecified atom stereocenters. The van der Waals surface area contributed by atoms with Crippen molar-refractivity contribution >= 4 is 17.6 Å². The minimum Gasteiger partial charge on any atom is -0.497 e. The fourth-order valence-electron chi connectivity index (χ4n) is 3.63. The van der Waals surface area contributed by atoms with E-state index in [1.807, 2.05) is 50.4 Å². The van der Waals surface area contributed by atoms with Gasteiger partial charge in [0.1, 0.15) is 11.6 Å². The molecule has 3 rings (SSSR count). The van der Waals surface area contributed by atoms with Gasteiger partial charge >= 0.3 is 0 Å². The summed E-state index contributed by atoms with van der Waals surface area (Å²) >= 11 is 0. The third-order valence-corrected chi connectivity index (χ3v) is 5.46. The molecular formula is C23H30N4O3. The molecular weight excluding hydrogens is 380 g/mol. The number of ether oxygens (including phenoxy) is 1. The standard InChI is InChI=1S/C23H30N4O3/c1-17-7-10-24-21(13-17)25-23(29)19-8-11-27(12-9-19)16-22(28)26(2)15-18-5-4-6-20(14-18)30-3/h4-7,10,13-14,19H,8-9,11-12,15-16H2,1-3H3,(H,24,25,29). The molecule has 1 N–H and O–H groups in total. The number of rotatable bonds is 7. The van der Waals surface area contributed by atoms with E-state index in [1.54, 1.807) is 18.2 Å². The Morgan fingerprint density at radius 2 is 2.00 bits per heavy atom. The van der Waals surface area contributed by atoms with Crippen LogP contribution in [0.1, 0.15) is 24.0 Å². The second-order valence-electron chi connectivity index (χ2n) is 7.86. The molecule has 0 atom stereocenters. The Kier molecular flexibility index (Phi) is 7.41. The number of methoxy groups -OCH3 is 1. The molecule has 1 fully saturated rings. The highest BCUT2D eigenvalue weighted by Gasteiger charge is 2.26. The molecule has 0 aliphatic carbocycles. The molecule has 0 radical (unpaired) electrons. The van der Waals surface area contributed by atoms with Crippen molar-refractivity contribution < 1.29 is 14.3 Å². The van der Waals surface area contributed by atoms with Crippen LogP contribution in [0.3, 0.4) is 0 Å². The fraction of sp³-hybridized carbons (Fsp3) is 0.435. The number of pyridine rings is 1. The van der Waals surface area contributed by atoms with Crippen molar-refractivity contribution in [2.75, 3.05) is 39.1 Å². The first kappa shape index (κ1) is 21.8. The van der Waals surface area contributed by atoms with E-state index in [4.69, 9.17) is 4.74 Å². The van der Waals surface area contributed by atoms with Crippen molar-refractivity contribution in [2.45, 2.75) is 26.3 Å². The Morgan fingerprint density at radius 3 is 2.70 bits per heavy atom. The normalized spacial score (nSPS) is 14.9. The molecule has 1 aromatic heterocycles. The number of aromatic nitrogens is 1. The Labute approximate surface area is 178 Å². The molecule has 1 saturated heterocycles. The number of hydrogen-bond donors (Lipinski definition) is 1. The lowest BCUT2D eigenvalue weighted by atomic mass is 9.96. The number of likely N-dealkylation sites (tertiary alicyclic amines) is 1. The molecule has 2 amide bonds. The number of nitrogens with one attached hydrogen (secondary N) is 1. The van der Waals surface area contributed by atoms with Crippen LogP contribution >= 0.6 is 0 Å². The van der Waals surface area contributed by atoms with Gasteiger partial charge in [-0.1, -0.05) is 12.1 Å². The first-order valence-electron chi connectivity index (χ1n) is 10.3. The fourth-order valence-corrected chi connectivity index (χ4v) is 3.63. The molecule has 0 bridgehead atoms. The Morgan fingerprint density at radius 1 is 1.23 bits per heavy atom. The van der Waals surface area contributed by atoms with Crippen LogP contribution in [0, 0.1) is 12.8 Å². The van der Waals surface area contributed by atoms with Gasteiger partial charge in [-0.25, -0.2) is 4.98 Å². The van der Waals surface area contributed by atoms with Crippen LogP contribution in [0.15, 0.2) is 42.6 Å². The largest absolute Gasteiger partial charge is 0.497 e. The van der Waals surface area contributed by atoms with Crippen molar-refractivity contribution in [3.05, 3.63) is 53.7 Å². The van der Waals surface area contributed by atoms with Gasteiger partial charge in [-0.2, -0.15) is 0 Å². The zero-order valence-corrected chi connectivity index (χ0v) is 17.9. The quantitative estimate of drug-likeness (QED) is 0.760. The number of hydrogen-bond acceptors (Lipinski definition) is 5. The van der Waals surface area contributed by atoms with Gasteiger partial charge in [-0.3, -0.25) is 14.5 Å². The summed E-state index contributed by atoms with van der Waals surface area (Å²) in [5, 5.41) is 2.91. The van der Waals surface area contributed by atoms with E-state index < -0.39 is 0 Å². The SMILES string of the molecule is COc1cccc(CN(C)C(=O)CN2CCC(C(=O)Nc3cc(C)ccn3)CC2)c1. The van der Waals surface area contributed by atoms with Crippen LogP contribution in [0.4, 0.5) is 5.82 Å². The number of carbonyl (C=O) groups is 2. The number of piperidine rings is 1. The second kappa shape index (κ2) is 10.2. The summed E-state index contributed by atoms with van der Waals surface area (Å²) in [5.41, 5.74) is 2.09. The maximum atomic E-state index is 12.6. The van der Waals surface area contributed by atoms with E-state index in [0.29, 0.717) is 18.9 Å². The average Bonchev–Trinajstić information content (AvgIpc) is 2.74. The van der Waals surface area contributed by atoms with Gasteiger partial charge in [0.2, 0.25) is 11.8 Å². The first-order valence-corrected chi connectivity index (χ1v) is 10.3. The minimum atomic E-state index is -0.0480. The first-order chi connectivity index (χ1) is 14.4. The number of likely N-dealkylation sites (N-methyl/N-ethyl adjacent to an activating group) is 1. The van der Waals surface area contributed by atoms with Crippen molar-refractivity contribution in [3.63, 3.8) is 0 Å². The molecule has 160 valence electrons. The highest BCUT2D eigenvalue weighted by atomic mass is 16.5. The number of carbonyl (C=O) groups excluding carboxylic acids is 2.